The number of nitrogen functional groups attached to an aromatic ring is 1. The molecule has 164 valence electrons. The van der Waals surface area contributed by atoms with Gasteiger partial charge < -0.3 is 31.1 Å². The summed E-state index contributed by atoms with van der Waals surface area (Å²) in [6.45, 7) is 2.36. The molecular weight excluding hydrogens is 398 g/mol. The van der Waals surface area contributed by atoms with Crippen LogP contribution in [0.3, 0.4) is 0 Å². The van der Waals surface area contributed by atoms with Gasteiger partial charge in [-0.1, -0.05) is 37.3 Å². The van der Waals surface area contributed by atoms with Gasteiger partial charge in [-0.2, -0.15) is 9.97 Å². The van der Waals surface area contributed by atoms with Gasteiger partial charge in [-0.25, -0.2) is 4.98 Å². The Morgan fingerprint density at radius 2 is 2.00 bits per heavy atom. The van der Waals surface area contributed by atoms with E-state index in [0.717, 1.165) is 6.42 Å². The Hall–Kier alpha value is -3.24. The fraction of sp³-hybridized carbons (Fsp3) is 0.429. The van der Waals surface area contributed by atoms with Crippen LogP contribution in [-0.4, -0.2) is 60.4 Å². The van der Waals surface area contributed by atoms with Crippen LogP contribution in [0.5, 0.6) is 0 Å². The van der Waals surface area contributed by atoms with Crippen molar-refractivity contribution in [2.75, 3.05) is 17.6 Å². The van der Waals surface area contributed by atoms with Gasteiger partial charge in [0, 0.05) is 13.0 Å². The average molecular weight is 425 g/mol. The molecule has 6 N–H and O–H groups in total. The number of hydrogen-bond donors (Lipinski definition) is 5. The molecule has 2 heterocycles. The van der Waals surface area contributed by atoms with Crippen molar-refractivity contribution in [2.24, 2.45) is 0 Å². The SMILES string of the molecule is CCC(=O)N[C@H]1CC(n2cnc3c(N)nc(NCCc4ccccc4)nc32)[C@H](O)[C@@H]1O. The Morgan fingerprint density at radius 1 is 1.23 bits per heavy atom. The topological polar surface area (TPSA) is 151 Å². The molecule has 0 saturated heterocycles. The van der Waals surface area contributed by atoms with Crippen LogP contribution in [0.25, 0.3) is 11.2 Å². The largest absolute Gasteiger partial charge is 0.388 e. The Kier molecular flexibility index (Phi) is 6.01. The second-order valence-corrected chi connectivity index (χ2v) is 7.73. The molecule has 4 atom stereocenters. The third kappa shape index (κ3) is 4.30. The summed E-state index contributed by atoms with van der Waals surface area (Å²) in [6, 6.07) is 9.01. The number of amides is 1. The van der Waals surface area contributed by atoms with Crippen LogP contribution in [0.1, 0.15) is 31.4 Å². The van der Waals surface area contributed by atoms with Gasteiger partial charge in [0.05, 0.1) is 18.4 Å². The zero-order chi connectivity index (χ0) is 22.0. The number of aliphatic hydroxyl groups is 2. The number of rotatable bonds is 7. The summed E-state index contributed by atoms with van der Waals surface area (Å²) < 4.78 is 1.70. The highest BCUT2D eigenvalue weighted by Gasteiger charge is 2.43. The highest BCUT2D eigenvalue weighted by Crippen LogP contribution is 2.34. The van der Waals surface area contributed by atoms with E-state index in [0.29, 0.717) is 36.5 Å². The van der Waals surface area contributed by atoms with Gasteiger partial charge in [-0.15, -0.1) is 0 Å². The molecule has 1 fully saturated rings. The highest BCUT2D eigenvalue weighted by molar-refractivity contribution is 5.83. The third-order valence-corrected chi connectivity index (χ3v) is 5.66. The molecule has 1 aromatic carbocycles. The molecule has 1 saturated carbocycles. The van der Waals surface area contributed by atoms with Crippen LogP contribution in [-0.2, 0) is 11.2 Å². The molecule has 1 amide bonds. The van der Waals surface area contributed by atoms with E-state index in [9.17, 15) is 15.0 Å². The Balaban J connectivity index is 1.54. The van der Waals surface area contributed by atoms with Crippen molar-refractivity contribution >= 4 is 28.8 Å². The van der Waals surface area contributed by atoms with E-state index in [1.54, 1.807) is 11.5 Å². The van der Waals surface area contributed by atoms with Crippen LogP contribution in [0, 0.1) is 0 Å². The molecule has 10 heteroatoms. The van der Waals surface area contributed by atoms with Crippen molar-refractivity contribution in [2.45, 2.75) is 50.5 Å². The standard InChI is InChI=1S/C21H27N7O3/c1-2-15(29)25-13-10-14(18(31)17(13)30)28-11-24-16-19(22)26-21(27-20(16)28)23-9-8-12-6-4-3-5-7-12/h3-7,11,13-14,17-18,30-31H,2,8-10H2,1H3,(H,25,29)(H3,22,23,26,27)/t13-,14?,17+,18-/m0/s1. The number of hydrogen-bond acceptors (Lipinski definition) is 8. The summed E-state index contributed by atoms with van der Waals surface area (Å²) in [6.07, 6.45) is 0.827. The fourth-order valence-corrected chi connectivity index (χ4v) is 3.96. The van der Waals surface area contributed by atoms with Crippen molar-refractivity contribution in [1.29, 1.82) is 0 Å². The highest BCUT2D eigenvalue weighted by atomic mass is 16.3. The predicted octanol–water partition coefficient (Wildman–Crippen LogP) is 0.624. The number of carbonyl (C=O) groups excluding carboxylic acids is 1. The molecule has 2 aromatic heterocycles. The maximum absolute atomic E-state index is 11.7. The molecular formula is C21H27N7O3. The Bertz CT molecular complexity index is 1060. The number of carbonyl (C=O) groups is 1. The van der Waals surface area contributed by atoms with Crippen LogP contribution >= 0.6 is 0 Å². The third-order valence-electron chi connectivity index (χ3n) is 5.66. The first-order chi connectivity index (χ1) is 15.0. The number of aliphatic hydroxyl groups excluding tert-OH is 2. The molecule has 0 bridgehead atoms. The van der Waals surface area contributed by atoms with Gasteiger partial charge in [0.2, 0.25) is 11.9 Å². The number of imidazole rings is 1. The van der Waals surface area contributed by atoms with E-state index in [-0.39, 0.29) is 11.7 Å². The summed E-state index contributed by atoms with van der Waals surface area (Å²) >= 11 is 0. The quantitative estimate of drug-likeness (QED) is 0.370. The molecule has 31 heavy (non-hydrogen) atoms. The van der Waals surface area contributed by atoms with Gasteiger partial charge in [0.25, 0.3) is 0 Å². The summed E-state index contributed by atoms with van der Waals surface area (Å²) in [4.78, 5) is 24.9. The molecule has 3 aromatic rings. The molecule has 0 spiro atoms. The van der Waals surface area contributed by atoms with Crippen molar-refractivity contribution in [3.8, 4) is 0 Å². The first-order valence-electron chi connectivity index (χ1n) is 10.4. The second-order valence-electron chi connectivity index (χ2n) is 7.73. The molecule has 10 nitrogen and oxygen atoms in total. The lowest BCUT2D eigenvalue weighted by atomic mass is 10.1. The normalized spacial score (nSPS) is 23.2. The number of benzene rings is 1. The maximum Gasteiger partial charge on any atom is 0.226 e. The average Bonchev–Trinajstić information content (AvgIpc) is 3.31. The monoisotopic (exact) mass is 425 g/mol. The number of nitrogens with two attached hydrogens (primary N) is 1. The first kappa shape index (κ1) is 21.0. The lowest BCUT2D eigenvalue weighted by molar-refractivity contribution is -0.122. The Morgan fingerprint density at radius 3 is 2.74 bits per heavy atom. The number of anilines is 2. The van der Waals surface area contributed by atoms with Crippen LogP contribution < -0.4 is 16.4 Å². The van der Waals surface area contributed by atoms with Gasteiger partial charge in [0.1, 0.15) is 17.7 Å². The van der Waals surface area contributed by atoms with Gasteiger partial charge in [-0.05, 0) is 18.4 Å². The van der Waals surface area contributed by atoms with E-state index < -0.39 is 24.3 Å². The number of fused-ring (bicyclic) bond motifs is 1. The summed E-state index contributed by atoms with van der Waals surface area (Å²) in [5.74, 6) is 0.422. The molecule has 1 aliphatic rings. The number of aromatic nitrogens is 4. The van der Waals surface area contributed by atoms with Crippen molar-refractivity contribution in [1.82, 2.24) is 24.8 Å². The van der Waals surface area contributed by atoms with E-state index in [1.165, 1.54) is 11.9 Å². The smallest absolute Gasteiger partial charge is 0.226 e. The van der Waals surface area contributed by atoms with Crippen LogP contribution in [0.15, 0.2) is 36.7 Å². The van der Waals surface area contributed by atoms with E-state index in [2.05, 4.69) is 37.7 Å². The molecule has 0 radical (unpaired) electrons. The van der Waals surface area contributed by atoms with E-state index in [4.69, 9.17) is 5.73 Å². The predicted molar refractivity (Wildman–Crippen MR) is 116 cm³/mol. The number of nitrogens with one attached hydrogen (secondary N) is 2. The van der Waals surface area contributed by atoms with E-state index in [1.807, 2.05) is 18.2 Å². The molecule has 0 aliphatic heterocycles. The van der Waals surface area contributed by atoms with Gasteiger partial charge in [0.15, 0.2) is 11.5 Å². The molecule has 1 unspecified atom stereocenters. The zero-order valence-electron chi connectivity index (χ0n) is 17.3. The van der Waals surface area contributed by atoms with Crippen LogP contribution in [0.4, 0.5) is 11.8 Å². The Labute approximate surface area is 179 Å². The molecule has 4 rings (SSSR count). The summed E-state index contributed by atoms with van der Waals surface area (Å²) in [5.41, 5.74) is 8.17. The van der Waals surface area contributed by atoms with Crippen molar-refractivity contribution in [3.05, 3.63) is 42.2 Å². The second kappa shape index (κ2) is 8.86. The van der Waals surface area contributed by atoms with E-state index >= 15 is 0 Å². The fourth-order valence-electron chi connectivity index (χ4n) is 3.96. The lowest BCUT2D eigenvalue weighted by Gasteiger charge is -2.18. The summed E-state index contributed by atoms with van der Waals surface area (Å²) in [7, 11) is 0. The van der Waals surface area contributed by atoms with Crippen molar-refractivity contribution in [3.63, 3.8) is 0 Å². The van der Waals surface area contributed by atoms with Crippen molar-refractivity contribution < 1.29 is 15.0 Å². The van der Waals surface area contributed by atoms with Gasteiger partial charge >= 0.3 is 0 Å². The summed E-state index contributed by atoms with van der Waals surface area (Å²) in [5, 5.41) is 27.0. The molecule has 1 aliphatic carbocycles. The number of nitrogens with zero attached hydrogens (tertiary/aromatic N) is 4. The van der Waals surface area contributed by atoms with Crippen LogP contribution in [0.2, 0.25) is 0 Å². The minimum absolute atomic E-state index is 0.177. The zero-order valence-corrected chi connectivity index (χ0v) is 17.3. The first-order valence-corrected chi connectivity index (χ1v) is 10.4. The lowest BCUT2D eigenvalue weighted by Crippen LogP contribution is -2.42. The maximum atomic E-state index is 11.7. The van der Waals surface area contributed by atoms with Gasteiger partial charge in [-0.3, -0.25) is 4.79 Å². The minimum atomic E-state index is -1.08. The minimum Gasteiger partial charge on any atom is -0.388 e.